The van der Waals surface area contributed by atoms with Crippen molar-refractivity contribution in [1.29, 1.82) is 0 Å². The van der Waals surface area contributed by atoms with Gasteiger partial charge in [0, 0.05) is 18.5 Å². The van der Waals surface area contributed by atoms with Crippen molar-refractivity contribution in [3.05, 3.63) is 53.7 Å². The van der Waals surface area contributed by atoms with Crippen LogP contribution in [0.5, 0.6) is 0 Å². The summed E-state index contributed by atoms with van der Waals surface area (Å²) in [5, 5.41) is 0. The van der Waals surface area contributed by atoms with E-state index in [9.17, 15) is 4.39 Å². The lowest BCUT2D eigenvalue weighted by Gasteiger charge is -2.12. The molecule has 0 bridgehead atoms. The minimum atomic E-state index is -0.286. The molecule has 0 saturated carbocycles. The van der Waals surface area contributed by atoms with Gasteiger partial charge in [0.1, 0.15) is 17.2 Å². The number of fused-ring (bicyclic) bond motifs is 1. The van der Waals surface area contributed by atoms with Crippen molar-refractivity contribution in [1.82, 2.24) is 14.5 Å². The third-order valence-electron chi connectivity index (χ3n) is 3.22. The van der Waals surface area contributed by atoms with Crippen molar-refractivity contribution in [2.24, 2.45) is 0 Å². The number of benzene rings is 1. The zero-order chi connectivity index (χ0) is 14.1. The van der Waals surface area contributed by atoms with Crippen molar-refractivity contribution in [3.8, 4) is 5.69 Å². The van der Waals surface area contributed by atoms with Gasteiger partial charge in [-0.2, -0.15) is 0 Å². The van der Waals surface area contributed by atoms with Gasteiger partial charge in [-0.15, -0.1) is 11.6 Å². The van der Waals surface area contributed by atoms with Crippen molar-refractivity contribution in [2.75, 3.05) is 5.88 Å². The van der Waals surface area contributed by atoms with Crippen LogP contribution in [0.2, 0.25) is 0 Å². The maximum Gasteiger partial charge on any atom is 0.164 e. The molecule has 3 rings (SSSR count). The molecule has 0 saturated heterocycles. The first-order valence-corrected chi connectivity index (χ1v) is 6.89. The summed E-state index contributed by atoms with van der Waals surface area (Å²) >= 11 is 5.84. The lowest BCUT2D eigenvalue weighted by atomic mass is 10.2. The first-order valence-electron chi connectivity index (χ1n) is 6.36. The highest BCUT2D eigenvalue weighted by Gasteiger charge is 2.17. The molecule has 5 heteroatoms. The lowest BCUT2D eigenvalue weighted by Crippen LogP contribution is -2.07. The lowest BCUT2D eigenvalue weighted by molar-refractivity contribution is 0.615. The number of para-hydroxylation sites is 1. The van der Waals surface area contributed by atoms with Gasteiger partial charge < -0.3 is 0 Å². The number of alkyl halides is 1. The number of imidazole rings is 1. The molecule has 102 valence electrons. The number of hydrogen-bond acceptors (Lipinski definition) is 2. The molecule has 20 heavy (non-hydrogen) atoms. The van der Waals surface area contributed by atoms with Gasteiger partial charge in [-0.3, -0.25) is 4.57 Å². The fraction of sp³-hybridized carbons (Fsp3) is 0.200. The number of rotatable bonds is 3. The summed E-state index contributed by atoms with van der Waals surface area (Å²) < 4.78 is 16.0. The number of pyridine rings is 1. The number of aromatic nitrogens is 3. The predicted molar refractivity (Wildman–Crippen MR) is 78.0 cm³/mol. The molecule has 0 spiro atoms. The van der Waals surface area contributed by atoms with Crippen molar-refractivity contribution in [2.45, 2.75) is 13.3 Å². The standard InChI is InChI=1S/C15H13ClFN3/c1-10-4-2-5-11(17)14(10)20-13(7-8-16)19-12-6-3-9-18-15(12)20/h2-6,9H,7-8H2,1H3. The van der Waals surface area contributed by atoms with E-state index in [1.54, 1.807) is 16.8 Å². The Morgan fingerprint density at radius 3 is 2.85 bits per heavy atom. The summed E-state index contributed by atoms with van der Waals surface area (Å²) in [7, 11) is 0. The average molecular weight is 290 g/mol. The van der Waals surface area contributed by atoms with Gasteiger partial charge in [-0.05, 0) is 30.7 Å². The van der Waals surface area contributed by atoms with E-state index in [2.05, 4.69) is 9.97 Å². The second kappa shape index (κ2) is 5.21. The van der Waals surface area contributed by atoms with Crippen molar-refractivity contribution < 1.29 is 4.39 Å². The van der Waals surface area contributed by atoms with Gasteiger partial charge in [0.25, 0.3) is 0 Å². The molecule has 0 aliphatic heterocycles. The van der Waals surface area contributed by atoms with Crippen LogP contribution >= 0.6 is 11.6 Å². The van der Waals surface area contributed by atoms with E-state index in [-0.39, 0.29) is 5.82 Å². The second-order valence-corrected chi connectivity index (χ2v) is 4.93. The molecule has 0 aliphatic carbocycles. The molecule has 0 aliphatic rings. The molecule has 2 aromatic heterocycles. The normalized spacial score (nSPS) is 11.2. The van der Waals surface area contributed by atoms with Crippen LogP contribution in [0.15, 0.2) is 36.5 Å². The Labute approximate surface area is 121 Å². The molecule has 0 amide bonds. The SMILES string of the molecule is Cc1cccc(F)c1-n1c(CCCl)nc2cccnc21. The topological polar surface area (TPSA) is 30.7 Å². The van der Waals surface area contributed by atoms with E-state index in [1.807, 2.05) is 25.1 Å². The Morgan fingerprint density at radius 2 is 2.10 bits per heavy atom. The average Bonchev–Trinajstić information content (AvgIpc) is 2.78. The van der Waals surface area contributed by atoms with Crippen LogP contribution in [0.25, 0.3) is 16.9 Å². The highest BCUT2D eigenvalue weighted by molar-refractivity contribution is 6.17. The number of nitrogens with zero attached hydrogens (tertiary/aromatic N) is 3. The van der Waals surface area contributed by atoms with E-state index in [0.717, 1.165) is 16.9 Å². The zero-order valence-electron chi connectivity index (χ0n) is 11.0. The minimum Gasteiger partial charge on any atom is -0.277 e. The van der Waals surface area contributed by atoms with Gasteiger partial charge in [0.2, 0.25) is 0 Å². The Kier molecular flexibility index (Phi) is 3.40. The summed E-state index contributed by atoms with van der Waals surface area (Å²) in [5.41, 5.74) is 2.73. The smallest absolute Gasteiger partial charge is 0.164 e. The Balaban J connectivity index is 2.36. The van der Waals surface area contributed by atoms with E-state index < -0.39 is 0 Å². The molecule has 0 N–H and O–H groups in total. The summed E-state index contributed by atoms with van der Waals surface area (Å²) in [6.45, 7) is 1.87. The molecule has 3 aromatic rings. The minimum absolute atomic E-state index is 0.286. The van der Waals surface area contributed by atoms with Crippen LogP contribution < -0.4 is 0 Å². The van der Waals surface area contributed by atoms with E-state index in [1.165, 1.54) is 6.07 Å². The van der Waals surface area contributed by atoms with E-state index >= 15 is 0 Å². The monoisotopic (exact) mass is 289 g/mol. The highest BCUT2D eigenvalue weighted by atomic mass is 35.5. The first kappa shape index (κ1) is 13.1. The third-order valence-corrected chi connectivity index (χ3v) is 3.40. The van der Waals surface area contributed by atoms with Crippen LogP contribution in [-0.4, -0.2) is 20.4 Å². The van der Waals surface area contributed by atoms with Crippen LogP contribution in [0.3, 0.4) is 0 Å². The number of aryl methyl sites for hydroxylation is 2. The summed E-state index contributed by atoms with van der Waals surface area (Å²) in [6, 6.07) is 8.70. The highest BCUT2D eigenvalue weighted by Crippen LogP contribution is 2.25. The molecule has 0 atom stereocenters. The molecule has 0 unspecified atom stereocenters. The largest absolute Gasteiger partial charge is 0.277 e. The van der Waals surface area contributed by atoms with Crippen LogP contribution in [0, 0.1) is 12.7 Å². The van der Waals surface area contributed by atoms with E-state index in [0.29, 0.717) is 23.6 Å². The molecule has 0 radical (unpaired) electrons. The molecular weight excluding hydrogens is 277 g/mol. The van der Waals surface area contributed by atoms with Crippen LogP contribution in [-0.2, 0) is 6.42 Å². The molecular formula is C15H13ClFN3. The van der Waals surface area contributed by atoms with Crippen LogP contribution in [0.4, 0.5) is 4.39 Å². The van der Waals surface area contributed by atoms with Gasteiger partial charge in [0.05, 0.1) is 5.69 Å². The Bertz CT molecular complexity index is 747. The fourth-order valence-corrected chi connectivity index (χ4v) is 2.52. The zero-order valence-corrected chi connectivity index (χ0v) is 11.7. The van der Waals surface area contributed by atoms with Crippen molar-refractivity contribution in [3.63, 3.8) is 0 Å². The summed E-state index contributed by atoms with van der Waals surface area (Å²) in [6.07, 6.45) is 2.24. The molecule has 1 aromatic carbocycles. The quantitative estimate of drug-likeness (QED) is 0.689. The predicted octanol–water partition coefficient (Wildman–Crippen LogP) is 3.65. The summed E-state index contributed by atoms with van der Waals surface area (Å²) in [5.74, 6) is 0.865. The molecule has 2 heterocycles. The maximum atomic E-state index is 14.3. The first-order chi connectivity index (χ1) is 9.72. The number of halogens is 2. The molecule has 0 fully saturated rings. The number of hydrogen-bond donors (Lipinski definition) is 0. The van der Waals surface area contributed by atoms with E-state index in [4.69, 9.17) is 11.6 Å². The van der Waals surface area contributed by atoms with Crippen LogP contribution in [0.1, 0.15) is 11.4 Å². The molecule has 3 nitrogen and oxygen atoms in total. The van der Waals surface area contributed by atoms with Crippen molar-refractivity contribution >= 4 is 22.8 Å². The summed E-state index contributed by atoms with van der Waals surface area (Å²) in [4.78, 5) is 8.84. The third kappa shape index (κ3) is 2.06. The Morgan fingerprint density at radius 1 is 1.25 bits per heavy atom. The Hall–Kier alpha value is -1.94. The fourth-order valence-electron chi connectivity index (χ4n) is 2.35. The van der Waals surface area contributed by atoms with Gasteiger partial charge in [-0.25, -0.2) is 14.4 Å². The second-order valence-electron chi connectivity index (χ2n) is 4.55. The van der Waals surface area contributed by atoms with Gasteiger partial charge >= 0.3 is 0 Å². The maximum absolute atomic E-state index is 14.3. The van der Waals surface area contributed by atoms with Gasteiger partial charge in [0.15, 0.2) is 5.65 Å². The van der Waals surface area contributed by atoms with Gasteiger partial charge in [-0.1, -0.05) is 12.1 Å².